The molecule has 1 heterocycles. The summed E-state index contributed by atoms with van der Waals surface area (Å²) in [5.41, 5.74) is 1.34. The molecule has 0 atom stereocenters. The monoisotopic (exact) mass is 224 g/mol. The van der Waals surface area contributed by atoms with E-state index >= 15 is 0 Å². The van der Waals surface area contributed by atoms with Crippen LogP contribution in [0.25, 0.3) is 0 Å². The molecule has 1 N–H and O–H groups in total. The zero-order valence-electron chi connectivity index (χ0n) is 9.53. The average molecular weight is 224 g/mol. The van der Waals surface area contributed by atoms with Crippen LogP contribution >= 0.6 is 0 Å². The van der Waals surface area contributed by atoms with E-state index in [-0.39, 0.29) is 5.97 Å². The van der Waals surface area contributed by atoms with E-state index in [4.69, 9.17) is 4.74 Å². The van der Waals surface area contributed by atoms with E-state index < -0.39 is 0 Å². The van der Waals surface area contributed by atoms with Gasteiger partial charge in [-0.1, -0.05) is 0 Å². The van der Waals surface area contributed by atoms with Crippen molar-refractivity contribution in [1.29, 1.82) is 0 Å². The Balaban J connectivity index is 2.42. The first kappa shape index (κ1) is 12.6. The van der Waals surface area contributed by atoms with Gasteiger partial charge in [-0.2, -0.15) is 0 Å². The number of rotatable bonds is 6. The van der Waals surface area contributed by atoms with Gasteiger partial charge in [0.15, 0.2) is 0 Å². The topological polar surface area (TPSA) is 60.5 Å². The second-order valence-electron chi connectivity index (χ2n) is 3.20. The Kier molecular flexibility index (Phi) is 5.45. The fraction of sp³-hybridized carbons (Fsp3) is 0.455. The van der Waals surface area contributed by atoms with E-state index in [1.165, 1.54) is 13.3 Å². The van der Waals surface area contributed by atoms with Crippen molar-refractivity contribution in [3.05, 3.63) is 29.6 Å². The minimum atomic E-state index is -0.369. The molecule has 0 radical (unpaired) electrons. The predicted octanol–water partition coefficient (Wildman–Crippen LogP) is 0.604. The minimum absolute atomic E-state index is 0.369. The fourth-order valence-corrected chi connectivity index (χ4v) is 1.16. The van der Waals surface area contributed by atoms with E-state index in [0.717, 1.165) is 12.2 Å². The highest BCUT2D eigenvalue weighted by Gasteiger charge is 2.04. The van der Waals surface area contributed by atoms with E-state index in [1.54, 1.807) is 19.2 Å². The van der Waals surface area contributed by atoms with Crippen LogP contribution in [0.1, 0.15) is 16.1 Å². The van der Waals surface area contributed by atoms with Gasteiger partial charge in [0, 0.05) is 26.4 Å². The molecule has 5 heteroatoms. The molecule has 1 aromatic rings. The van der Waals surface area contributed by atoms with Crippen molar-refractivity contribution in [1.82, 2.24) is 10.3 Å². The van der Waals surface area contributed by atoms with Gasteiger partial charge in [0.1, 0.15) is 0 Å². The molecule has 0 aliphatic heterocycles. The maximum absolute atomic E-state index is 11.1. The number of esters is 1. The Morgan fingerprint density at radius 3 is 2.81 bits per heavy atom. The number of hydrogen-bond acceptors (Lipinski definition) is 5. The molecule has 1 aromatic heterocycles. The molecule has 0 amide bonds. The second-order valence-corrected chi connectivity index (χ2v) is 3.20. The molecule has 0 aliphatic carbocycles. The zero-order valence-corrected chi connectivity index (χ0v) is 9.53. The van der Waals surface area contributed by atoms with E-state index in [2.05, 4.69) is 15.0 Å². The summed E-state index contributed by atoms with van der Waals surface area (Å²) in [4.78, 5) is 15.3. The second kappa shape index (κ2) is 6.92. The Bertz CT molecular complexity index is 325. The molecule has 0 aliphatic rings. The lowest BCUT2D eigenvalue weighted by Gasteiger charge is -2.04. The molecule has 1 rings (SSSR count). The SMILES string of the molecule is COCCNCc1ccc(C(=O)OC)cn1. The van der Waals surface area contributed by atoms with Crippen LogP contribution in [-0.4, -0.2) is 38.3 Å². The minimum Gasteiger partial charge on any atom is -0.465 e. The molecule has 0 saturated carbocycles. The van der Waals surface area contributed by atoms with E-state index in [0.29, 0.717) is 18.7 Å². The molecule has 0 bridgehead atoms. The van der Waals surface area contributed by atoms with Crippen LogP contribution in [0.4, 0.5) is 0 Å². The van der Waals surface area contributed by atoms with Gasteiger partial charge in [0.05, 0.1) is 25.0 Å². The van der Waals surface area contributed by atoms with Gasteiger partial charge in [-0.3, -0.25) is 4.98 Å². The van der Waals surface area contributed by atoms with Crippen LogP contribution in [0.3, 0.4) is 0 Å². The highest BCUT2D eigenvalue weighted by atomic mass is 16.5. The van der Waals surface area contributed by atoms with Gasteiger partial charge in [-0.05, 0) is 12.1 Å². The number of methoxy groups -OCH3 is 2. The maximum atomic E-state index is 11.1. The smallest absolute Gasteiger partial charge is 0.339 e. The number of nitrogens with zero attached hydrogens (tertiary/aromatic N) is 1. The molecule has 88 valence electrons. The lowest BCUT2D eigenvalue weighted by atomic mass is 10.2. The first-order valence-corrected chi connectivity index (χ1v) is 5.01. The molecule has 0 spiro atoms. The molecule has 0 unspecified atom stereocenters. The predicted molar refractivity (Wildman–Crippen MR) is 59.2 cm³/mol. The molecular formula is C11H16N2O3. The summed E-state index contributed by atoms with van der Waals surface area (Å²) in [6.07, 6.45) is 1.51. The van der Waals surface area contributed by atoms with Crippen molar-refractivity contribution in [2.24, 2.45) is 0 Å². The van der Waals surface area contributed by atoms with Crippen LogP contribution in [0.15, 0.2) is 18.3 Å². The highest BCUT2D eigenvalue weighted by molar-refractivity contribution is 5.88. The number of carbonyl (C=O) groups is 1. The number of ether oxygens (including phenoxy) is 2. The standard InChI is InChI=1S/C11H16N2O3/c1-15-6-5-12-8-10-4-3-9(7-13-10)11(14)16-2/h3-4,7,12H,5-6,8H2,1-2H3. The summed E-state index contributed by atoms with van der Waals surface area (Å²) in [6, 6.07) is 3.50. The summed E-state index contributed by atoms with van der Waals surface area (Å²) in [6.45, 7) is 2.10. The largest absolute Gasteiger partial charge is 0.465 e. The average Bonchev–Trinajstić information content (AvgIpc) is 2.34. The van der Waals surface area contributed by atoms with Gasteiger partial charge < -0.3 is 14.8 Å². The lowest BCUT2D eigenvalue weighted by molar-refractivity contribution is 0.0600. The molecular weight excluding hydrogens is 208 g/mol. The normalized spacial score (nSPS) is 10.1. The fourth-order valence-electron chi connectivity index (χ4n) is 1.16. The highest BCUT2D eigenvalue weighted by Crippen LogP contribution is 2.01. The van der Waals surface area contributed by atoms with Crippen LogP contribution < -0.4 is 5.32 Å². The zero-order chi connectivity index (χ0) is 11.8. The van der Waals surface area contributed by atoms with Crippen LogP contribution in [0.2, 0.25) is 0 Å². The van der Waals surface area contributed by atoms with Crippen molar-refractivity contribution >= 4 is 5.97 Å². The van der Waals surface area contributed by atoms with Gasteiger partial charge >= 0.3 is 5.97 Å². The maximum Gasteiger partial charge on any atom is 0.339 e. The summed E-state index contributed by atoms with van der Waals surface area (Å²) in [5, 5.41) is 3.16. The number of nitrogens with one attached hydrogen (secondary N) is 1. The summed E-state index contributed by atoms with van der Waals surface area (Å²) < 4.78 is 9.48. The van der Waals surface area contributed by atoms with Gasteiger partial charge in [-0.15, -0.1) is 0 Å². The Labute approximate surface area is 94.8 Å². The third-order valence-electron chi connectivity index (χ3n) is 2.03. The van der Waals surface area contributed by atoms with Crippen molar-refractivity contribution in [2.45, 2.75) is 6.54 Å². The van der Waals surface area contributed by atoms with Crippen LogP contribution in [0.5, 0.6) is 0 Å². The molecule has 0 fully saturated rings. The summed E-state index contributed by atoms with van der Waals surface area (Å²) in [7, 11) is 3.01. The van der Waals surface area contributed by atoms with Crippen LogP contribution in [0, 0.1) is 0 Å². The van der Waals surface area contributed by atoms with Crippen molar-refractivity contribution < 1.29 is 14.3 Å². The van der Waals surface area contributed by atoms with Gasteiger partial charge in [0.25, 0.3) is 0 Å². The Morgan fingerprint density at radius 1 is 1.44 bits per heavy atom. The van der Waals surface area contributed by atoms with Crippen molar-refractivity contribution in [2.75, 3.05) is 27.4 Å². The third-order valence-corrected chi connectivity index (χ3v) is 2.03. The number of pyridine rings is 1. The number of hydrogen-bond donors (Lipinski definition) is 1. The number of carbonyl (C=O) groups excluding carboxylic acids is 1. The van der Waals surface area contributed by atoms with Gasteiger partial charge in [0.2, 0.25) is 0 Å². The number of aromatic nitrogens is 1. The molecule has 0 saturated heterocycles. The van der Waals surface area contributed by atoms with Crippen molar-refractivity contribution in [3.63, 3.8) is 0 Å². The Morgan fingerprint density at radius 2 is 2.25 bits per heavy atom. The summed E-state index contributed by atoms with van der Waals surface area (Å²) >= 11 is 0. The Hall–Kier alpha value is -1.46. The molecule has 0 aromatic carbocycles. The third kappa shape index (κ3) is 3.96. The lowest BCUT2D eigenvalue weighted by Crippen LogP contribution is -2.19. The van der Waals surface area contributed by atoms with Crippen LogP contribution in [-0.2, 0) is 16.0 Å². The first-order chi connectivity index (χ1) is 7.77. The van der Waals surface area contributed by atoms with E-state index in [9.17, 15) is 4.79 Å². The van der Waals surface area contributed by atoms with Crippen molar-refractivity contribution in [3.8, 4) is 0 Å². The quantitative estimate of drug-likeness (QED) is 0.566. The molecule has 5 nitrogen and oxygen atoms in total. The van der Waals surface area contributed by atoms with Gasteiger partial charge in [-0.25, -0.2) is 4.79 Å². The summed E-state index contributed by atoms with van der Waals surface area (Å²) in [5.74, 6) is -0.369. The molecule has 16 heavy (non-hydrogen) atoms. The van der Waals surface area contributed by atoms with E-state index in [1.807, 2.05) is 0 Å². The first-order valence-electron chi connectivity index (χ1n) is 5.01.